The lowest BCUT2D eigenvalue weighted by atomic mass is 9.98. The average Bonchev–Trinajstić information content (AvgIpc) is 2.39. The first-order valence-electron chi connectivity index (χ1n) is 6.38. The number of halogens is 1. The minimum absolute atomic E-state index is 0.244. The van der Waals surface area contributed by atoms with E-state index >= 15 is 0 Å². The number of nitrogens with zero attached hydrogens (tertiary/aromatic N) is 1. The van der Waals surface area contributed by atoms with Gasteiger partial charge in [-0.25, -0.2) is 4.39 Å². The van der Waals surface area contributed by atoms with Crippen molar-refractivity contribution >= 4 is 0 Å². The van der Waals surface area contributed by atoms with E-state index in [0.717, 1.165) is 38.0 Å². The van der Waals surface area contributed by atoms with E-state index in [4.69, 9.17) is 4.74 Å². The second-order valence-electron chi connectivity index (χ2n) is 4.89. The second kappa shape index (κ2) is 6.16. The Bertz CT molecular complexity index is 397. The van der Waals surface area contributed by atoms with Crippen LogP contribution in [0.25, 0.3) is 0 Å². The van der Waals surface area contributed by atoms with Crippen LogP contribution >= 0.6 is 0 Å². The molecule has 1 aliphatic heterocycles. The highest BCUT2D eigenvalue weighted by Crippen LogP contribution is 2.21. The highest BCUT2D eigenvalue weighted by molar-refractivity contribution is 5.29. The van der Waals surface area contributed by atoms with Gasteiger partial charge < -0.3 is 9.84 Å². The first-order chi connectivity index (χ1) is 8.72. The average molecular weight is 253 g/mol. The Hall–Kier alpha value is -1.13. The summed E-state index contributed by atoms with van der Waals surface area (Å²) in [6.07, 6.45) is 2.19. The van der Waals surface area contributed by atoms with Crippen LogP contribution in [0.2, 0.25) is 0 Å². The Balaban J connectivity index is 1.98. The lowest BCUT2D eigenvalue weighted by molar-refractivity contribution is 0.116. The molecule has 0 radical (unpaired) electrons. The monoisotopic (exact) mass is 253 g/mol. The molecule has 1 N–H and O–H groups in total. The first-order valence-corrected chi connectivity index (χ1v) is 6.38. The first kappa shape index (κ1) is 13.3. The Morgan fingerprint density at radius 1 is 1.50 bits per heavy atom. The Kier molecular flexibility index (Phi) is 4.55. The summed E-state index contributed by atoms with van der Waals surface area (Å²) in [6, 6.07) is 5.09. The number of benzene rings is 1. The molecule has 100 valence electrons. The molecular formula is C14H20FNO2. The zero-order valence-electron chi connectivity index (χ0n) is 10.7. The number of methoxy groups -OCH3 is 1. The van der Waals surface area contributed by atoms with Gasteiger partial charge in [-0.1, -0.05) is 6.07 Å². The van der Waals surface area contributed by atoms with Crippen LogP contribution in [-0.2, 0) is 6.54 Å². The number of rotatable bonds is 4. The van der Waals surface area contributed by atoms with Crippen molar-refractivity contribution in [3.63, 3.8) is 0 Å². The Morgan fingerprint density at radius 2 is 2.33 bits per heavy atom. The standard InChI is InChI=1S/C14H20FNO2/c1-18-14-5-4-11(7-13(14)15)8-16-6-2-3-12(9-16)10-17/h4-5,7,12,17H,2-3,6,8-10H2,1H3. The van der Waals surface area contributed by atoms with Gasteiger partial charge >= 0.3 is 0 Å². The summed E-state index contributed by atoms with van der Waals surface area (Å²) in [5.41, 5.74) is 0.951. The van der Waals surface area contributed by atoms with Crippen molar-refractivity contribution in [3.8, 4) is 5.75 Å². The van der Waals surface area contributed by atoms with Crippen molar-refractivity contribution in [2.75, 3.05) is 26.8 Å². The molecule has 1 aromatic carbocycles. The smallest absolute Gasteiger partial charge is 0.165 e. The molecule has 0 bridgehead atoms. The normalized spacial score (nSPS) is 20.9. The van der Waals surface area contributed by atoms with Crippen LogP contribution in [0.5, 0.6) is 5.75 Å². The van der Waals surface area contributed by atoms with Gasteiger partial charge in [0.05, 0.1) is 7.11 Å². The van der Waals surface area contributed by atoms with Gasteiger partial charge in [0.25, 0.3) is 0 Å². The summed E-state index contributed by atoms with van der Waals surface area (Å²) < 4.78 is 18.5. The van der Waals surface area contributed by atoms with E-state index in [1.54, 1.807) is 6.07 Å². The number of hydrogen-bond acceptors (Lipinski definition) is 3. The van der Waals surface area contributed by atoms with Gasteiger partial charge in [-0.2, -0.15) is 0 Å². The minimum atomic E-state index is -0.314. The minimum Gasteiger partial charge on any atom is -0.494 e. The number of likely N-dealkylation sites (tertiary alicyclic amines) is 1. The predicted molar refractivity (Wildman–Crippen MR) is 68.0 cm³/mol. The van der Waals surface area contributed by atoms with E-state index in [-0.39, 0.29) is 18.2 Å². The van der Waals surface area contributed by atoms with E-state index in [1.165, 1.54) is 13.2 Å². The van der Waals surface area contributed by atoms with Crippen molar-refractivity contribution in [2.45, 2.75) is 19.4 Å². The molecule has 1 aliphatic rings. The van der Waals surface area contributed by atoms with Gasteiger partial charge in [-0.15, -0.1) is 0 Å². The van der Waals surface area contributed by atoms with Crippen LogP contribution in [-0.4, -0.2) is 36.8 Å². The van der Waals surface area contributed by atoms with Gasteiger partial charge in [-0.05, 0) is 43.0 Å². The molecule has 1 unspecified atom stereocenters. The fourth-order valence-electron chi connectivity index (χ4n) is 2.51. The molecule has 0 amide bonds. The van der Waals surface area contributed by atoms with E-state index < -0.39 is 0 Å². The molecule has 1 atom stereocenters. The molecule has 1 fully saturated rings. The Morgan fingerprint density at radius 3 is 3.00 bits per heavy atom. The van der Waals surface area contributed by atoms with Crippen molar-refractivity contribution in [1.29, 1.82) is 0 Å². The quantitative estimate of drug-likeness (QED) is 0.891. The molecule has 2 rings (SSSR count). The third-order valence-corrected chi connectivity index (χ3v) is 3.48. The topological polar surface area (TPSA) is 32.7 Å². The molecule has 1 saturated heterocycles. The fraction of sp³-hybridized carbons (Fsp3) is 0.571. The number of aliphatic hydroxyl groups is 1. The zero-order chi connectivity index (χ0) is 13.0. The molecule has 4 heteroatoms. The zero-order valence-corrected chi connectivity index (χ0v) is 10.7. The van der Waals surface area contributed by atoms with Crippen LogP contribution in [0.1, 0.15) is 18.4 Å². The summed E-state index contributed by atoms with van der Waals surface area (Å²) in [5, 5.41) is 9.18. The van der Waals surface area contributed by atoms with E-state index in [1.807, 2.05) is 6.07 Å². The number of hydrogen-bond donors (Lipinski definition) is 1. The number of aliphatic hydroxyl groups excluding tert-OH is 1. The van der Waals surface area contributed by atoms with Crippen LogP contribution in [0, 0.1) is 11.7 Å². The lowest BCUT2D eigenvalue weighted by Crippen LogP contribution is -2.36. The highest BCUT2D eigenvalue weighted by atomic mass is 19.1. The second-order valence-corrected chi connectivity index (χ2v) is 4.89. The van der Waals surface area contributed by atoms with Crippen molar-refractivity contribution in [3.05, 3.63) is 29.6 Å². The molecule has 0 aromatic heterocycles. The Labute approximate surface area is 107 Å². The van der Waals surface area contributed by atoms with Gasteiger partial charge in [0.2, 0.25) is 0 Å². The third kappa shape index (κ3) is 3.21. The molecule has 0 spiro atoms. The van der Waals surface area contributed by atoms with Crippen LogP contribution in [0.4, 0.5) is 4.39 Å². The van der Waals surface area contributed by atoms with Crippen LogP contribution in [0.15, 0.2) is 18.2 Å². The highest BCUT2D eigenvalue weighted by Gasteiger charge is 2.19. The maximum atomic E-state index is 13.6. The lowest BCUT2D eigenvalue weighted by Gasteiger charge is -2.31. The van der Waals surface area contributed by atoms with E-state index in [2.05, 4.69) is 4.90 Å². The summed E-state index contributed by atoms with van der Waals surface area (Å²) >= 11 is 0. The fourth-order valence-corrected chi connectivity index (χ4v) is 2.51. The largest absolute Gasteiger partial charge is 0.494 e. The van der Waals surface area contributed by atoms with Gasteiger partial charge in [0.15, 0.2) is 11.6 Å². The SMILES string of the molecule is COc1ccc(CN2CCCC(CO)C2)cc1F. The predicted octanol–water partition coefficient (Wildman–Crippen LogP) is 2.04. The molecular weight excluding hydrogens is 233 g/mol. The molecule has 1 heterocycles. The van der Waals surface area contributed by atoms with E-state index in [0.29, 0.717) is 5.92 Å². The maximum Gasteiger partial charge on any atom is 0.165 e. The molecule has 0 saturated carbocycles. The third-order valence-electron chi connectivity index (χ3n) is 3.48. The van der Waals surface area contributed by atoms with Crippen molar-refractivity contribution in [2.24, 2.45) is 5.92 Å². The molecule has 1 aromatic rings. The maximum absolute atomic E-state index is 13.6. The number of ether oxygens (including phenoxy) is 1. The molecule has 3 nitrogen and oxygen atoms in total. The van der Waals surface area contributed by atoms with E-state index in [9.17, 15) is 9.50 Å². The van der Waals surface area contributed by atoms with Crippen LogP contribution < -0.4 is 4.74 Å². The van der Waals surface area contributed by atoms with Gasteiger partial charge in [-0.3, -0.25) is 4.90 Å². The summed E-state index contributed by atoms with van der Waals surface area (Å²) in [6.45, 7) is 2.89. The summed E-state index contributed by atoms with van der Waals surface area (Å²) in [7, 11) is 1.47. The van der Waals surface area contributed by atoms with Gasteiger partial charge in [0.1, 0.15) is 0 Å². The van der Waals surface area contributed by atoms with Gasteiger partial charge in [0, 0.05) is 19.7 Å². The number of piperidine rings is 1. The molecule has 18 heavy (non-hydrogen) atoms. The molecule has 0 aliphatic carbocycles. The van der Waals surface area contributed by atoms with Crippen LogP contribution in [0.3, 0.4) is 0 Å². The summed E-state index contributed by atoms with van der Waals surface area (Å²) in [5.74, 6) is 0.332. The van der Waals surface area contributed by atoms with Crippen molar-refractivity contribution < 1.29 is 14.2 Å². The summed E-state index contributed by atoms with van der Waals surface area (Å²) in [4.78, 5) is 2.27. The van der Waals surface area contributed by atoms with Crippen molar-refractivity contribution in [1.82, 2.24) is 4.90 Å².